The molecule has 1 aromatic rings. The van der Waals surface area contributed by atoms with E-state index in [1.807, 2.05) is 26.0 Å². The minimum Gasteiger partial charge on any atom is -0.493 e. The highest BCUT2D eigenvalue weighted by atomic mass is 35.5. The molecule has 1 aromatic carbocycles. The first-order chi connectivity index (χ1) is 9.62. The Bertz CT molecular complexity index is 486. The maximum Gasteiger partial charge on any atom is 0.141 e. The normalized spacial score (nSPS) is 11.4. The van der Waals surface area contributed by atoms with Crippen LogP contribution in [0, 0.1) is 17.8 Å². The fraction of sp³-hybridized carbons (Fsp3) is 0.529. The fourth-order valence-corrected chi connectivity index (χ4v) is 2.19. The van der Waals surface area contributed by atoms with E-state index in [0.29, 0.717) is 24.0 Å². The van der Waals surface area contributed by atoms with Gasteiger partial charge in [0.15, 0.2) is 0 Å². The molecule has 1 unspecified atom stereocenters. The van der Waals surface area contributed by atoms with Crippen LogP contribution in [0.4, 0.5) is 0 Å². The quantitative estimate of drug-likeness (QED) is 0.706. The smallest absolute Gasteiger partial charge is 0.141 e. The fourth-order valence-electron chi connectivity index (χ4n) is 1.95. The monoisotopic (exact) mass is 294 g/mol. The van der Waals surface area contributed by atoms with Crippen LogP contribution in [-0.2, 0) is 6.42 Å². The molecule has 0 N–H and O–H groups in total. The summed E-state index contributed by atoms with van der Waals surface area (Å²) in [4.78, 5) is 0. The van der Waals surface area contributed by atoms with Crippen molar-refractivity contribution in [2.75, 3.05) is 13.2 Å². The molecule has 1 rings (SSSR count). The zero-order valence-electron chi connectivity index (χ0n) is 12.8. The molecule has 0 aromatic heterocycles. The lowest BCUT2D eigenvalue weighted by molar-refractivity contribution is 0.320. The molecule has 0 aliphatic carbocycles. The van der Waals surface area contributed by atoms with E-state index in [1.54, 1.807) is 0 Å². The lowest BCUT2D eigenvalue weighted by Gasteiger charge is -2.15. The Morgan fingerprint density at radius 1 is 1.10 bits per heavy atom. The Morgan fingerprint density at radius 2 is 1.75 bits per heavy atom. The van der Waals surface area contributed by atoms with Gasteiger partial charge in [0.1, 0.15) is 11.5 Å². The van der Waals surface area contributed by atoms with Crippen molar-refractivity contribution in [1.82, 2.24) is 0 Å². The predicted octanol–water partition coefficient (Wildman–Crippen LogP) is 4.73. The number of benzene rings is 1. The highest BCUT2D eigenvalue weighted by Crippen LogP contribution is 2.34. The third kappa shape index (κ3) is 4.98. The van der Waals surface area contributed by atoms with Crippen LogP contribution < -0.4 is 9.47 Å². The molecular weight excluding hydrogens is 272 g/mol. The lowest BCUT2D eigenvalue weighted by atomic mass is 10.0. The van der Waals surface area contributed by atoms with Crippen LogP contribution in [0.5, 0.6) is 11.5 Å². The van der Waals surface area contributed by atoms with Crippen molar-refractivity contribution in [3.8, 4) is 23.3 Å². The highest BCUT2D eigenvalue weighted by molar-refractivity contribution is 6.32. The van der Waals surface area contributed by atoms with Gasteiger partial charge in [0.25, 0.3) is 0 Å². The summed E-state index contributed by atoms with van der Waals surface area (Å²) in [5, 5.41) is 0.626. The molecule has 0 saturated heterocycles. The highest BCUT2D eigenvalue weighted by Gasteiger charge is 2.12. The Morgan fingerprint density at radius 3 is 2.35 bits per heavy atom. The molecule has 0 radical (unpaired) electrons. The second kappa shape index (κ2) is 8.76. The van der Waals surface area contributed by atoms with Crippen molar-refractivity contribution < 1.29 is 9.47 Å². The molecule has 0 saturated carbocycles. The van der Waals surface area contributed by atoms with Crippen LogP contribution in [-0.4, -0.2) is 13.2 Å². The standard InChI is InChI=1S/C17H23ClO2/c1-5-8-9-13(4)10-14-11-15(18)17(20-7-3)12-16(14)19-6-2/h11-13H,5-7,10H2,1-4H3. The van der Waals surface area contributed by atoms with Gasteiger partial charge in [-0.15, -0.1) is 5.92 Å². The number of rotatable bonds is 6. The summed E-state index contributed by atoms with van der Waals surface area (Å²) in [6.45, 7) is 9.28. The van der Waals surface area contributed by atoms with E-state index < -0.39 is 0 Å². The first kappa shape index (κ1) is 16.7. The van der Waals surface area contributed by atoms with Gasteiger partial charge in [-0.25, -0.2) is 0 Å². The van der Waals surface area contributed by atoms with Crippen LogP contribution in [0.25, 0.3) is 0 Å². The number of halogens is 1. The molecule has 0 aliphatic heterocycles. The average Bonchev–Trinajstić information content (AvgIpc) is 2.42. The summed E-state index contributed by atoms with van der Waals surface area (Å²) in [6.07, 6.45) is 1.71. The molecule has 0 fully saturated rings. The van der Waals surface area contributed by atoms with Gasteiger partial charge in [0, 0.05) is 18.4 Å². The van der Waals surface area contributed by atoms with E-state index >= 15 is 0 Å². The van der Waals surface area contributed by atoms with Crippen molar-refractivity contribution in [3.05, 3.63) is 22.7 Å². The van der Waals surface area contributed by atoms with Gasteiger partial charge in [0.05, 0.1) is 18.2 Å². The molecule has 0 aliphatic rings. The molecule has 0 amide bonds. The van der Waals surface area contributed by atoms with Crippen molar-refractivity contribution in [2.45, 2.75) is 40.5 Å². The summed E-state index contributed by atoms with van der Waals surface area (Å²) in [5.74, 6) is 8.14. The summed E-state index contributed by atoms with van der Waals surface area (Å²) in [6, 6.07) is 3.81. The second-order valence-electron chi connectivity index (χ2n) is 4.54. The minimum atomic E-state index is 0.281. The summed E-state index contributed by atoms with van der Waals surface area (Å²) >= 11 is 6.25. The van der Waals surface area contributed by atoms with E-state index in [-0.39, 0.29) is 5.92 Å². The van der Waals surface area contributed by atoms with Gasteiger partial charge in [-0.3, -0.25) is 0 Å². The first-order valence-electron chi connectivity index (χ1n) is 7.18. The number of hydrogen-bond acceptors (Lipinski definition) is 2. The van der Waals surface area contributed by atoms with Crippen LogP contribution >= 0.6 is 11.6 Å². The Balaban J connectivity index is 3.01. The van der Waals surface area contributed by atoms with E-state index in [1.165, 1.54) is 0 Å². The van der Waals surface area contributed by atoms with Gasteiger partial charge in [-0.2, -0.15) is 0 Å². The zero-order valence-corrected chi connectivity index (χ0v) is 13.5. The van der Waals surface area contributed by atoms with Crippen LogP contribution in [0.2, 0.25) is 5.02 Å². The number of ether oxygens (including phenoxy) is 2. The van der Waals surface area contributed by atoms with Crippen LogP contribution in [0.15, 0.2) is 12.1 Å². The molecule has 2 nitrogen and oxygen atoms in total. The van der Waals surface area contributed by atoms with Crippen LogP contribution in [0.1, 0.15) is 39.7 Å². The molecule has 0 bridgehead atoms. The van der Waals surface area contributed by atoms with E-state index in [4.69, 9.17) is 21.1 Å². The topological polar surface area (TPSA) is 18.5 Å². The maximum absolute atomic E-state index is 6.25. The Labute approximate surface area is 127 Å². The van der Waals surface area contributed by atoms with Gasteiger partial charge < -0.3 is 9.47 Å². The number of hydrogen-bond donors (Lipinski definition) is 0. The largest absolute Gasteiger partial charge is 0.493 e. The third-order valence-corrected chi connectivity index (χ3v) is 3.06. The predicted molar refractivity (Wildman–Crippen MR) is 84.7 cm³/mol. The third-order valence-electron chi connectivity index (χ3n) is 2.77. The van der Waals surface area contributed by atoms with Gasteiger partial charge in [-0.1, -0.05) is 31.4 Å². The molecule has 20 heavy (non-hydrogen) atoms. The molecule has 0 heterocycles. The van der Waals surface area contributed by atoms with E-state index in [2.05, 4.69) is 25.7 Å². The van der Waals surface area contributed by atoms with Crippen molar-refractivity contribution in [3.63, 3.8) is 0 Å². The molecule has 0 spiro atoms. The van der Waals surface area contributed by atoms with Crippen molar-refractivity contribution >= 4 is 11.6 Å². The minimum absolute atomic E-state index is 0.281. The summed E-state index contributed by atoms with van der Waals surface area (Å²) in [7, 11) is 0. The maximum atomic E-state index is 6.25. The van der Waals surface area contributed by atoms with Crippen molar-refractivity contribution in [2.24, 2.45) is 5.92 Å². The van der Waals surface area contributed by atoms with Gasteiger partial charge in [-0.05, 0) is 31.9 Å². The van der Waals surface area contributed by atoms with Crippen LogP contribution in [0.3, 0.4) is 0 Å². The average molecular weight is 295 g/mol. The first-order valence-corrected chi connectivity index (χ1v) is 7.56. The van der Waals surface area contributed by atoms with Gasteiger partial charge in [0.2, 0.25) is 0 Å². The summed E-state index contributed by atoms with van der Waals surface area (Å²) < 4.78 is 11.2. The Kier molecular flexibility index (Phi) is 7.33. The zero-order chi connectivity index (χ0) is 15.0. The molecular formula is C17H23ClO2. The van der Waals surface area contributed by atoms with E-state index in [9.17, 15) is 0 Å². The Hall–Kier alpha value is -1.33. The van der Waals surface area contributed by atoms with E-state index in [0.717, 1.165) is 24.2 Å². The lowest BCUT2D eigenvalue weighted by Crippen LogP contribution is -2.03. The SMILES string of the molecule is CCC#CC(C)Cc1cc(Cl)c(OCC)cc1OCC. The molecule has 1 atom stereocenters. The molecule has 3 heteroatoms. The second-order valence-corrected chi connectivity index (χ2v) is 4.94. The van der Waals surface area contributed by atoms with Crippen molar-refractivity contribution in [1.29, 1.82) is 0 Å². The van der Waals surface area contributed by atoms with Gasteiger partial charge >= 0.3 is 0 Å². The summed E-state index contributed by atoms with van der Waals surface area (Å²) in [5.41, 5.74) is 1.08. The molecule has 110 valence electrons.